The van der Waals surface area contributed by atoms with Crippen LogP contribution in [-0.4, -0.2) is 81.6 Å². The van der Waals surface area contributed by atoms with Crippen molar-refractivity contribution in [2.75, 3.05) is 13.1 Å². The van der Waals surface area contributed by atoms with Gasteiger partial charge in [-0.25, -0.2) is 0 Å². The van der Waals surface area contributed by atoms with E-state index in [0.29, 0.717) is 40.9 Å². The maximum atomic E-state index is 14.3. The predicted octanol–water partition coefficient (Wildman–Crippen LogP) is 5.62. The highest BCUT2D eigenvalue weighted by Crippen LogP contribution is 2.60. The van der Waals surface area contributed by atoms with Crippen LogP contribution in [-0.2, 0) is 38.8 Å². The fourth-order valence-corrected chi connectivity index (χ4v) is 12.5. The lowest BCUT2D eigenvalue weighted by Crippen LogP contribution is -2.75. The van der Waals surface area contributed by atoms with Crippen molar-refractivity contribution < 1.29 is 28.7 Å². The summed E-state index contributed by atoms with van der Waals surface area (Å²) in [5, 5.41) is 15.5. The molecule has 2 aromatic carbocycles. The van der Waals surface area contributed by atoms with Gasteiger partial charge in [0.2, 0.25) is 23.6 Å². The Morgan fingerprint density at radius 1 is 0.862 bits per heavy atom. The molecule has 4 heterocycles. The highest BCUT2D eigenvalue weighted by atomic mass is 35.5. The number of carbonyl (C=O) groups is 5. The molecule has 0 radical (unpaired) electrons. The summed E-state index contributed by atoms with van der Waals surface area (Å²) < 4.78 is 6.45. The number of ether oxygens (including phenoxy) is 1. The molecule has 4 aliphatic carbocycles. The number of imide groups is 1. The first-order chi connectivity index (χ1) is 27.5. The van der Waals surface area contributed by atoms with Gasteiger partial charge in [-0.15, -0.1) is 0 Å². The van der Waals surface area contributed by atoms with Crippen LogP contribution in [0.4, 0.5) is 0 Å². The van der Waals surface area contributed by atoms with E-state index in [4.69, 9.17) is 16.3 Å². The average Bonchev–Trinajstić information content (AvgIpc) is 3.78. The summed E-state index contributed by atoms with van der Waals surface area (Å²) in [6, 6.07) is 11.0. The molecule has 2 bridgehead atoms. The van der Waals surface area contributed by atoms with Crippen LogP contribution in [0.1, 0.15) is 125 Å². The number of nitrogens with one attached hydrogen (secondary N) is 2. The lowest BCUT2D eigenvalue weighted by atomic mass is 9.48. The molecular weight excluding hydrogens is 756 g/mol. The monoisotopic (exact) mass is 808 g/mol. The summed E-state index contributed by atoms with van der Waals surface area (Å²) in [5.74, 6) is 0.158. The van der Waals surface area contributed by atoms with Crippen LogP contribution >= 0.6 is 11.6 Å². The molecule has 13 heteroatoms. The summed E-state index contributed by atoms with van der Waals surface area (Å²) >= 11 is 6.29. The molecule has 4 saturated carbocycles. The zero-order valence-corrected chi connectivity index (χ0v) is 34.7. The van der Waals surface area contributed by atoms with E-state index in [1.807, 2.05) is 6.07 Å². The zero-order chi connectivity index (χ0) is 40.9. The molecule has 0 spiro atoms. The number of piperidine rings is 2. The van der Waals surface area contributed by atoms with Crippen LogP contribution in [0.25, 0.3) is 0 Å². The van der Waals surface area contributed by atoms with Crippen molar-refractivity contribution in [1.82, 2.24) is 25.3 Å². The molecule has 2 aromatic rings. The minimum absolute atomic E-state index is 0.0978. The van der Waals surface area contributed by atoms with Crippen LogP contribution in [0.5, 0.6) is 5.75 Å². The normalized spacial score (nSPS) is 31.2. The van der Waals surface area contributed by atoms with Crippen molar-refractivity contribution in [2.24, 2.45) is 21.7 Å². The molecule has 0 aromatic heterocycles. The highest BCUT2D eigenvalue weighted by molar-refractivity contribution is 6.31. The van der Waals surface area contributed by atoms with Gasteiger partial charge in [0.15, 0.2) is 0 Å². The molecule has 12 nitrogen and oxygen atoms in total. The summed E-state index contributed by atoms with van der Waals surface area (Å²) in [5.41, 5.74) is 2.85. The summed E-state index contributed by atoms with van der Waals surface area (Å²) in [6.07, 6.45) is 6.63. The fourth-order valence-electron chi connectivity index (χ4n) is 12.3. The van der Waals surface area contributed by atoms with Crippen molar-refractivity contribution in [3.63, 3.8) is 0 Å². The molecular formula is C45H53ClN6O6. The quantitative estimate of drug-likeness (QED) is 0.343. The molecule has 306 valence electrons. The van der Waals surface area contributed by atoms with E-state index in [0.717, 1.165) is 88.7 Å². The van der Waals surface area contributed by atoms with E-state index in [2.05, 4.69) is 60.3 Å². The van der Waals surface area contributed by atoms with Crippen LogP contribution in [0.3, 0.4) is 0 Å². The number of benzene rings is 2. The van der Waals surface area contributed by atoms with E-state index in [-0.39, 0.29) is 58.4 Å². The van der Waals surface area contributed by atoms with Gasteiger partial charge in [-0.3, -0.25) is 34.2 Å². The maximum absolute atomic E-state index is 14.3. The number of nitrogens with zero attached hydrogens (tertiary/aromatic N) is 4. The number of likely N-dealkylation sites (tertiary alicyclic amines) is 1. The number of hydrogen-bond donors (Lipinski definition) is 2. The number of fused-ring (bicyclic) bond motifs is 5. The van der Waals surface area contributed by atoms with Gasteiger partial charge in [0, 0.05) is 84.5 Å². The number of halogens is 1. The van der Waals surface area contributed by atoms with Gasteiger partial charge in [-0.1, -0.05) is 45.4 Å². The maximum Gasteiger partial charge on any atom is 0.255 e. The Morgan fingerprint density at radius 2 is 1.50 bits per heavy atom. The molecule has 1 unspecified atom stereocenters. The number of hydrogen-bond acceptors (Lipinski definition) is 8. The standard InChI is InChI=1S/C45H53ClN6O6/c1-42(2)38(43(3,4)39(42)58-31-6-5-26(22-47)33(46)21-31)49-40(56)44-11-14-45(15-12-44,16-13-44)41(57)50-17-9-30(10-18-50)51-23-27-19-29-25-52(34-7-8-35(53)48-36(34)54)37(55)32(29)20-28(27)24-51/h5-6,19-21,30,34,38-39H,7-18,23-25H2,1-4H3,(H,49,56)(H,48,53,54). The molecule has 1 atom stereocenters. The molecule has 10 rings (SSSR count). The number of nitriles is 1. The Balaban J connectivity index is 0.768. The van der Waals surface area contributed by atoms with E-state index in [1.54, 1.807) is 23.1 Å². The van der Waals surface area contributed by atoms with E-state index in [9.17, 15) is 29.2 Å². The van der Waals surface area contributed by atoms with Crippen molar-refractivity contribution in [3.05, 3.63) is 63.2 Å². The van der Waals surface area contributed by atoms with Gasteiger partial charge < -0.3 is 19.9 Å². The highest BCUT2D eigenvalue weighted by Gasteiger charge is 2.65. The Hall–Kier alpha value is -4.47. The Labute approximate surface area is 344 Å². The molecule has 8 aliphatic rings. The smallest absolute Gasteiger partial charge is 0.255 e. The third-order valence-corrected chi connectivity index (χ3v) is 15.8. The first-order valence-electron chi connectivity index (χ1n) is 21.1. The zero-order valence-electron chi connectivity index (χ0n) is 33.9. The van der Waals surface area contributed by atoms with Crippen molar-refractivity contribution in [2.45, 2.75) is 136 Å². The average molecular weight is 809 g/mol. The van der Waals surface area contributed by atoms with Crippen molar-refractivity contribution in [1.29, 1.82) is 5.26 Å². The lowest BCUT2D eigenvalue weighted by Gasteiger charge is -2.64. The first-order valence-corrected chi connectivity index (χ1v) is 21.4. The second kappa shape index (κ2) is 13.8. The van der Waals surface area contributed by atoms with E-state index in [1.165, 1.54) is 5.56 Å². The second-order valence-electron chi connectivity index (χ2n) is 19.5. The van der Waals surface area contributed by atoms with Crippen molar-refractivity contribution in [3.8, 4) is 11.8 Å². The second-order valence-corrected chi connectivity index (χ2v) is 19.9. The summed E-state index contributed by atoms with van der Waals surface area (Å²) in [4.78, 5) is 72.2. The molecule has 6 fully saturated rings. The topological polar surface area (TPSA) is 152 Å². The molecule has 5 amide bonds. The third-order valence-electron chi connectivity index (χ3n) is 15.5. The molecule has 58 heavy (non-hydrogen) atoms. The molecule has 2 saturated heterocycles. The molecule has 4 aliphatic heterocycles. The predicted molar refractivity (Wildman–Crippen MR) is 214 cm³/mol. The van der Waals surface area contributed by atoms with Gasteiger partial charge >= 0.3 is 0 Å². The summed E-state index contributed by atoms with van der Waals surface area (Å²) in [7, 11) is 0. The SMILES string of the molecule is CC1(C)C(NC(=O)C23CCC(C(=O)N4CCC(N5Cc6cc7c(cc6C5)C(=O)N(C5CCC(=O)NC5=O)C7)CC4)(CC2)CC3)C(C)(C)C1Oc1ccc(C#N)c(Cl)c1. The lowest BCUT2D eigenvalue weighted by molar-refractivity contribution is -0.181. The van der Waals surface area contributed by atoms with Gasteiger partial charge in [-0.05, 0) is 92.7 Å². The number of rotatable bonds is 7. The van der Waals surface area contributed by atoms with Crippen LogP contribution < -0.4 is 15.4 Å². The van der Waals surface area contributed by atoms with Crippen LogP contribution in [0.15, 0.2) is 30.3 Å². The van der Waals surface area contributed by atoms with Gasteiger partial charge in [0.25, 0.3) is 5.91 Å². The minimum Gasteiger partial charge on any atom is -0.489 e. The Bertz CT molecular complexity index is 2130. The van der Waals surface area contributed by atoms with Crippen LogP contribution in [0, 0.1) is 33.0 Å². The van der Waals surface area contributed by atoms with Crippen LogP contribution in [0.2, 0.25) is 5.02 Å². The number of amides is 5. The Morgan fingerprint density at radius 3 is 2.12 bits per heavy atom. The van der Waals surface area contributed by atoms with Gasteiger partial charge in [0.05, 0.1) is 10.6 Å². The van der Waals surface area contributed by atoms with Crippen molar-refractivity contribution >= 4 is 41.1 Å². The van der Waals surface area contributed by atoms with Gasteiger partial charge in [0.1, 0.15) is 24.0 Å². The first kappa shape index (κ1) is 39.0. The minimum atomic E-state index is -0.614. The van der Waals surface area contributed by atoms with E-state index < -0.39 is 17.4 Å². The Kier molecular flexibility index (Phi) is 9.28. The van der Waals surface area contributed by atoms with E-state index >= 15 is 0 Å². The molecule has 2 N–H and O–H groups in total. The number of carbonyl (C=O) groups excluding carboxylic acids is 5. The fraction of sp³-hybridized carbons (Fsp3) is 0.600. The largest absolute Gasteiger partial charge is 0.489 e. The van der Waals surface area contributed by atoms with Gasteiger partial charge in [-0.2, -0.15) is 5.26 Å². The summed E-state index contributed by atoms with van der Waals surface area (Å²) in [6.45, 7) is 11.9. The third kappa shape index (κ3) is 6.13.